The number of thiophene rings is 1. The first-order valence-corrected chi connectivity index (χ1v) is 11.7. The molecule has 5 N–H and O–H groups in total. The molecule has 31 heavy (non-hydrogen) atoms. The van der Waals surface area contributed by atoms with Crippen molar-refractivity contribution in [1.82, 2.24) is 5.32 Å². The second kappa shape index (κ2) is 8.14. The van der Waals surface area contributed by atoms with Gasteiger partial charge in [0.15, 0.2) is 0 Å². The lowest BCUT2D eigenvalue weighted by atomic mass is 10.0. The molecule has 2 amide bonds. The second-order valence-electron chi connectivity index (χ2n) is 6.93. The van der Waals surface area contributed by atoms with Gasteiger partial charge in [0.2, 0.25) is 0 Å². The molecule has 0 spiro atoms. The van der Waals surface area contributed by atoms with E-state index in [9.17, 15) is 18.0 Å². The van der Waals surface area contributed by atoms with E-state index in [1.807, 2.05) is 12.1 Å². The summed E-state index contributed by atoms with van der Waals surface area (Å²) in [4.78, 5) is 25.0. The predicted molar refractivity (Wildman–Crippen MR) is 119 cm³/mol. The highest BCUT2D eigenvalue weighted by Gasteiger charge is 2.33. The molecule has 1 aromatic heterocycles. The molecule has 2 aromatic carbocycles. The molecule has 160 valence electrons. The second-order valence-corrected chi connectivity index (χ2v) is 9.84. The molecule has 0 aliphatic carbocycles. The molecule has 1 aliphatic heterocycles. The summed E-state index contributed by atoms with van der Waals surface area (Å²) in [5.41, 5.74) is 13.1. The number of para-hydroxylation sites is 1. The van der Waals surface area contributed by atoms with Gasteiger partial charge in [-0.25, -0.2) is 8.42 Å². The average Bonchev–Trinajstić information content (AvgIpc) is 3.22. The van der Waals surface area contributed by atoms with Crippen LogP contribution in [0.5, 0.6) is 0 Å². The van der Waals surface area contributed by atoms with E-state index in [1.165, 1.54) is 39.9 Å². The number of rotatable bonds is 6. The average molecular weight is 457 g/mol. The van der Waals surface area contributed by atoms with E-state index in [0.29, 0.717) is 29.2 Å². The summed E-state index contributed by atoms with van der Waals surface area (Å²) in [6, 6.07) is 14.5. The molecule has 0 unspecified atom stereocenters. The third kappa shape index (κ3) is 3.80. The van der Waals surface area contributed by atoms with Crippen LogP contribution in [0.1, 0.15) is 25.6 Å². The molecule has 0 fully saturated rings. The maximum Gasteiger partial charge on any atom is 0.264 e. The van der Waals surface area contributed by atoms with Crippen LogP contribution >= 0.6 is 11.3 Å². The monoisotopic (exact) mass is 456 g/mol. The van der Waals surface area contributed by atoms with E-state index in [4.69, 9.17) is 11.5 Å². The van der Waals surface area contributed by atoms with Crippen LogP contribution in [0.15, 0.2) is 59.5 Å². The molecule has 8 nitrogen and oxygen atoms in total. The molecule has 1 aliphatic rings. The molecule has 4 rings (SSSR count). The van der Waals surface area contributed by atoms with Gasteiger partial charge in [-0.05, 0) is 42.0 Å². The zero-order chi connectivity index (χ0) is 22.2. The minimum absolute atomic E-state index is 0.0616. The van der Waals surface area contributed by atoms with Crippen molar-refractivity contribution in [2.75, 3.05) is 17.4 Å². The lowest BCUT2D eigenvalue weighted by Gasteiger charge is -2.30. The molecule has 0 radical (unpaired) electrons. The molecular formula is C21H20N4O4S2. The summed E-state index contributed by atoms with van der Waals surface area (Å²) in [6.45, 7) is 0.728. The Hall–Kier alpha value is -3.21. The molecule has 0 saturated carbocycles. The summed E-state index contributed by atoms with van der Waals surface area (Å²) in [5.74, 6) is -0.866. The number of primary amides is 1. The number of carbonyl (C=O) groups excluding carboxylic acids is 2. The van der Waals surface area contributed by atoms with Gasteiger partial charge in [-0.15, -0.1) is 11.3 Å². The predicted octanol–water partition coefficient (Wildman–Crippen LogP) is 1.91. The number of carbonyl (C=O) groups is 2. The molecule has 3 aromatic rings. The highest BCUT2D eigenvalue weighted by Crippen LogP contribution is 2.45. The van der Waals surface area contributed by atoms with Gasteiger partial charge in [-0.2, -0.15) is 0 Å². The lowest BCUT2D eigenvalue weighted by molar-refractivity contribution is 0.0953. The van der Waals surface area contributed by atoms with Gasteiger partial charge < -0.3 is 16.8 Å². The topological polar surface area (TPSA) is 136 Å². The Bertz CT molecular complexity index is 1270. The normalized spacial score (nSPS) is 12.7. The van der Waals surface area contributed by atoms with E-state index >= 15 is 0 Å². The van der Waals surface area contributed by atoms with Gasteiger partial charge in [0.25, 0.3) is 21.8 Å². The van der Waals surface area contributed by atoms with Crippen molar-refractivity contribution in [3.63, 3.8) is 0 Å². The standard InChI is InChI=1S/C21H20N4O4S2/c22-9-10-24-21(27)13-5-7-15(8-6-13)31(28,29)25-12-14-11-18(20(23)26)30-19(14)16-3-1-2-4-17(16)25/h1-8,11H,9-10,12,22H2,(H2,23,26)(H,24,27). The van der Waals surface area contributed by atoms with Crippen LogP contribution < -0.4 is 21.1 Å². The first-order valence-electron chi connectivity index (χ1n) is 9.46. The first-order chi connectivity index (χ1) is 14.8. The number of sulfonamides is 1. The van der Waals surface area contributed by atoms with Crippen LogP contribution in [-0.4, -0.2) is 33.3 Å². The highest BCUT2D eigenvalue weighted by molar-refractivity contribution is 7.92. The zero-order valence-corrected chi connectivity index (χ0v) is 18.0. The Kier molecular flexibility index (Phi) is 5.52. The molecule has 0 saturated heterocycles. The summed E-state index contributed by atoms with van der Waals surface area (Å²) >= 11 is 1.26. The van der Waals surface area contributed by atoms with E-state index in [2.05, 4.69) is 5.32 Å². The van der Waals surface area contributed by atoms with Gasteiger partial charge in [0.05, 0.1) is 22.0 Å². The largest absolute Gasteiger partial charge is 0.365 e. The van der Waals surface area contributed by atoms with Gasteiger partial charge in [0.1, 0.15) is 0 Å². The van der Waals surface area contributed by atoms with Crippen molar-refractivity contribution in [1.29, 1.82) is 0 Å². The van der Waals surface area contributed by atoms with Crippen molar-refractivity contribution in [3.05, 3.63) is 70.6 Å². The van der Waals surface area contributed by atoms with E-state index in [0.717, 1.165) is 16.0 Å². The van der Waals surface area contributed by atoms with Crippen LogP contribution in [0, 0.1) is 0 Å². The fraction of sp³-hybridized carbons (Fsp3) is 0.143. The van der Waals surface area contributed by atoms with E-state index in [1.54, 1.807) is 18.2 Å². The molecule has 0 bridgehead atoms. The number of nitrogens with one attached hydrogen (secondary N) is 1. The fourth-order valence-corrected chi connectivity index (χ4v) is 5.95. The van der Waals surface area contributed by atoms with Crippen molar-refractivity contribution in [3.8, 4) is 10.4 Å². The molecule has 10 heteroatoms. The van der Waals surface area contributed by atoms with Gasteiger partial charge in [-0.3, -0.25) is 13.9 Å². The molecular weight excluding hydrogens is 436 g/mol. The van der Waals surface area contributed by atoms with Crippen molar-refractivity contribution in [2.24, 2.45) is 11.5 Å². The third-order valence-corrected chi connectivity index (χ3v) is 7.92. The maximum absolute atomic E-state index is 13.5. The third-order valence-electron chi connectivity index (χ3n) is 4.92. The Labute approximate surface area is 183 Å². The Balaban J connectivity index is 1.71. The number of nitrogens with two attached hydrogens (primary N) is 2. The molecule has 2 heterocycles. The summed E-state index contributed by atoms with van der Waals surface area (Å²) in [7, 11) is -3.92. The quantitative estimate of drug-likeness (QED) is 0.521. The zero-order valence-electron chi connectivity index (χ0n) is 16.4. The first kappa shape index (κ1) is 21.0. The molecule has 0 atom stereocenters. The summed E-state index contributed by atoms with van der Waals surface area (Å²) in [6.07, 6.45) is 0. The van der Waals surface area contributed by atoms with Crippen molar-refractivity contribution in [2.45, 2.75) is 11.4 Å². The lowest BCUT2D eigenvalue weighted by Crippen LogP contribution is -2.33. The van der Waals surface area contributed by atoms with Crippen LogP contribution in [0.25, 0.3) is 10.4 Å². The number of hydrogen-bond donors (Lipinski definition) is 3. The minimum atomic E-state index is -3.92. The van der Waals surface area contributed by atoms with Crippen LogP contribution in [-0.2, 0) is 16.6 Å². The number of anilines is 1. The smallest absolute Gasteiger partial charge is 0.264 e. The van der Waals surface area contributed by atoms with Crippen LogP contribution in [0.3, 0.4) is 0 Å². The summed E-state index contributed by atoms with van der Waals surface area (Å²) in [5, 5.41) is 2.65. The van der Waals surface area contributed by atoms with Gasteiger partial charge in [-0.1, -0.05) is 18.2 Å². The summed E-state index contributed by atoms with van der Waals surface area (Å²) < 4.78 is 28.3. The highest BCUT2D eigenvalue weighted by atomic mass is 32.2. The Morgan fingerprint density at radius 3 is 2.48 bits per heavy atom. The number of fused-ring (bicyclic) bond motifs is 3. The van der Waals surface area contributed by atoms with E-state index in [-0.39, 0.29) is 17.3 Å². The van der Waals surface area contributed by atoms with Crippen molar-refractivity contribution < 1.29 is 18.0 Å². The number of nitrogens with zero attached hydrogens (tertiary/aromatic N) is 1. The Morgan fingerprint density at radius 1 is 1.10 bits per heavy atom. The van der Waals surface area contributed by atoms with Gasteiger partial charge in [0, 0.05) is 29.1 Å². The maximum atomic E-state index is 13.5. The minimum Gasteiger partial charge on any atom is -0.365 e. The van der Waals surface area contributed by atoms with E-state index < -0.39 is 15.9 Å². The van der Waals surface area contributed by atoms with Crippen molar-refractivity contribution >= 4 is 38.9 Å². The van der Waals surface area contributed by atoms with Crippen LogP contribution in [0.4, 0.5) is 5.69 Å². The Morgan fingerprint density at radius 2 is 1.81 bits per heavy atom. The SMILES string of the molecule is NCCNC(=O)c1ccc(S(=O)(=O)N2Cc3cc(C(N)=O)sc3-c3ccccc32)cc1. The fourth-order valence-electron chi connectivity index (χ4n) is 3.43. The number of amides is 2. The number of hydrogen-bond acceptors (Lipinski definition) is 6. The van der Waals surface area contributed by atoms with Crippen LogP contribution in [0.2, 0.25) is 0 Å². The van der Waals surface area contributed by atoms with Gasteiger partial charge >= 0.3 is 0 Å². The number of benzene rings is 2.